The third-order valence-corrected chi connectivity index (χ3v) is 3.19. The molecule has 0 fully saturated rings. The van der Waals surface area contributed by atoms with Gasteiger partial charge in [0.2, 0.25) is 5.28 Å². The van der Waals surface area contributed by atoms with E-state index < -0.39 is 0 Å². The van der Waals surface area contributed by atoms with Crippen LogP contribution in [0.3, 0.4) is 0 Å². The summed E-state index contributed by atoms with van der Waals surface area (Å²) in [4.78, 5) is 0. The first-order chi connectivity index (χ1) is 8.13. The zero-order valence-electron chi connectivity index (χ0n) is 9.12. The van der Waals surface area contributed by atoms with Gasteiger partial charge in [0, 0.05) is 10.9 Å². The zero-order valence-corrected chi connectivity index (χ0v) is 11.5. The Morgan fingerprint density at radius 3 is 2.82 bits per heavy atom. The van der Waals surface area contributed by atoms with E-state index in [1.54, 1.807) is 10.6 Å². The molecule has 1 aromatic carbocycles. The van der Waals surface area contributed by atoms with Crippen LogP contribution in [0.4, 0.5) is 4.39 Å². The lowest BCUT2D eigenvalue weighted by atomic mass is 10.3. The van der Waals surface area contributed by atoms with Crippen molar-refractivity contribution in [2.24, 2.45) is 0 Å². The lowest BCUT2D eigenvalue weighted by Gasteiger charge is -2.09. The standard InChI is InChI=1S/C11H10BrClFN3/c1-2-3-10-15-16-11(13)17(10)9-5-4-7(14)6-8(9)12/h4-6H,2-3H2,1H3. The lowest BCUT2D eigenvalue weighted by Crippen LogP contribution is -2.02. The van der Waals surface area contributed by atoms with Crippen molar-refractivity contribution in [2.75, 3.05) is 0 Å². The molecule has 0 amide bonds. The highest BCUT2D eigenvalue weighted by Gasteiger charge is 2.14. The van der Waals surface area contributed by atoms with Crippen molar-refractivity contribution in [3.05, 3.63) is 39.6 Å². The van der Waals surface area contributed by atoms with E-state index in [1.165, 1.54) is 12.1 Å². The summed E-state index contributed by atoms with van der Waals surface area (Å²) >= 11 is 9.31. The summed E-state index contributed by atoms with van der Waals surface area (Å²) in [5.41, 5.74) is 0.741. The monoisotopic (exact) mass is 317 g/mol. The van der Waals surface area contributed by atoms with Crippen LogP contribution in [-0.2, 0) is 6.42 Å². The first-order valence-corrected chi connectivity index (χ1v) is 6.35. The van der Waals surface area contributed by atoms with Crippen LogP contribution in [0.25, 0.3) is 5.69 Å². The SMILES string of the molecule is CCCc1nnc(Cl)n1-c1ccc(F)cc1Br. The first kappa shape index (κ1) is 12.5. The second-order valence-electron chi connectivity index (χ2n) is 3.57. The summed E-state index contributed by atoms with van der Waals surface area (Å²) in [6, 6.07) is 4.42. The summed E-state index contributed by atoms with van der Waals surface area (Å²) in [7, 11) is 0. The van der Waals surface area contributed by atoms with Gasteiger partial charge in [0.1, 0.15) is 11.6 Å². The Bertz CT molecular complexity index is 542. The summed E-state index contributed by atoms with van der Waals surface area (Å²) in [5, 5.41) is 8.13. The van der Waals surface area contributed by atoms with Crippen molar-refractivity contribution in [1.82, 2.24) is 14.8 Å². The molecule has 0 saturated carbocycles. The van der Waals surface area contributed by atoms with Crippen LogP contribution in [0, 0.1) is 5.82 Å². The molecule has 0 aliphatic carbocycles. The van der Waals surface area contributed by atoms with Gasteiger partial charge >= 0.3 is 0 Å². The number of aryl methyl sites for hydroxylation is 1. The molecule has 0 saturated heterocycles. The van der Waals surface area contributed by atoms with Gasteiger partial charge in [0.05, 0.1) is 5.69 Å². The van der Waals surface area contributed by atoms with Gasteiger partial charge in [0.25, 0.3) is 0 Å². The van der Waals surface area contributed by atoms with E-state index in [9.17, 15) is 4.39 Å². The maximum Gasteiger partial charge on any atom is 0.229 e. The minimum Gasteiger partial charge on any atom is -0.269 e. The molecule has 1 aromatic heterocycles. The molecule has 2 aromatic rings. The third kappa shape index (κ3) is 2.50. The molecule has 0 radical (unpaired) electrons. The maximum atomic E-state index is 13.0. The number of halogens is 3. The van der Waals surface area contributed by atoms with Crippen LogP contribution in [0.1, 0.15) is 19.2 Å². The van der Waals surface area contributed by atoms with Crippen LogP contribution in [0.2, 0.25) is 5.28 Å². The molecule has 0 aliphatic rings. The predicted octanol–water partition coefficient (Wildman–Crippen LogP) is 3.77. The van der Waals surface area contributed by atoms with E-state index in [1.807, 2.05) is 6.92 Å². The number of benzene rings is 1. The second-order valence-corrected chi connectivity index (χ2v) is 4.76. The van der Waals surface area contributed by atoms with Crippen LogP contribution < -0.4 is 0 Å². The Balaban J connectivity index is 2.55. The van der Waals surface area contributed by atoms with Crippen LogP contribution in [0.5, 0.6) is 0 Å². The highest BCUT2D eigenvalue weighted by Crippen LogP contribution is 2.26. The van der Waals surface area contributed by atoms with Gasteiger partial charge in [0.15, 0.2) is 0 Å². The molecule has 90 valence electrons. The smallest absolute Gasteiger partial charge is 0.229 e. The Labute approximate surface area is 112 Å². The first-order valence-electron chi connectivity index (χ1n) is 5.18. The fourth-order valence-corrected chi connectivity index (χ4v) is 2.34. The molecule has 0 bridgehead atoms. The fourth-order valence-electron chi connectivity index (χ4n) is 1.58. The molecular weight excluding hydrogens is 308 g/mol. The van der Waals surface area contributed by atoms with Crippen LogP contribution in [-0.4, -0.2) is 14.8 Å². The van der Waals surface area contributed by atoms with Gasteiger partial charge in [-0.05, 0) is 52.2 Å². The van der Waals surface area contributed by atoms with Gasteiger partial charge in [-0.25, -0.2) is 4.39 Å². The van der Waals surface area contributed by atoms with Crippen molar-refractivity contribution >= 4 is 27.5 Å². The summed E-state index contributed by atoms with van der Waals surface area (Å²) in [6.45, 7) is 2.05. The molecule has 0 unspecified atom stereocenters. The Morgan fingerprint density at radius 2 is 2.18 bits per heavy atom. The minimum absolute atomic E-state index is 0.278. The zero-order chi connectivity index (χ0) is 12.4. The molecule has 17 heavy (non-hydrogen) atoms. The Morgan fingerprint density at radius 1 is 1.41 bits per heavy atom. The molecule has 1 heterocycles. The van der Waals surface area contributed by atoms with E-state index in [-0.39, 0.29) is 11.1 Å². The van der Waals surface area contributed by atoms with Crippen molar-refractivity contribution in [1.29, 1.82) is 0 Å². The average molecular weight is 319 g/mol. The summed E-state index contributed by atoms with van der Waals surface area (Å²) in [6.07, 6.45) is 1.71. The quantitative estimate of drug-likeness (QED) is 0.862. The lowest BCUT2D eigenvalue weighted by molar-refractivity contribution is 0.626. The molecule has 3 nitrogen and oxygen atoms in total. The number of aromatic nitrogens is 3. The van der Waals surface area contributed by atoms with Gasteiger partial charge in [-0.3, -0.25) is 4.57 Å². The minimum atomic E-state index is -0.304. The highest BCUT2D eigenvalue weighted by atomic mass is 79.9. The second kappa shape index (κ2) is 5.14. The topological polar surface area (TPSA) is 30.7 Å². The Kier molecular flexibility index (Phi) is 3.79. The van der Waals surface area contributed by atoms with Crippen LogP contribution in [0.15, 0.2) is 22.7 Å². The number of hydrogen-bond donors (Lipinski definition) is 0. The maximum absolute atomic E-state index is 13.0. The van der Waals surface area contributed by atoms with E-state index in [0.29, 0.717) is 4.47 Å². The Hall–Kier alpha value is -0.940. The van der Waals surface area contributed by atoms with Crippen molar-refractivity contribution < 1.29 is 4.39 Å². The van der Waals surface area contributed by atoms with Crippen molar-refractivity contribution in [3.8, 4) is 5.69 Å². The van der Waals surface area contributed by atoms with Gasteiger partial charge in [-0.2, -0.15) is 0 Å². The number of hydrogen-bond acceptors (Lipinski definition) is 2. The van der Waals surface area contributed by atoms with E-state index in [0.717, 1.165) is 24.4 Å². The van der Waals surface area contributed by atoms with E-state index >= 15 is 0 Å². The average Bonchev–Trinajstić information content (AvgIpc) is 2.62. The molecule has 0 N–H and O–H groups in total. The van der Waals surface area contributed by atoms with Gasteiger partial charge in [-0.15, -0.1) is 10.2 Å². The molecule has 0 atom stereocenters. The summed E-state index contributed by atoms with van der Waals surface area (Å²) in [5.74, 6) is 0.465. The van der Waals surface area contributed by atoms with Crippen molar-refractivity contribution in [3.63, 3.8) is 0 Å². The van der Waals surface area contributed by atoms with Gasteiger partial charge < -0.3 is 0 Å². The summed E-state index contributed by atoms with van der Waals surface area (Å²) < 4.78 is 15.4. The predicted molar refractivity (Wildman–Crippen MR) is 68.0 cm³/mol. The third-order valence-electron chi connectivity index (χ3n) is 2.31. The van der Waals surface area contributed by atoms with Gasteiger partial charge in [-0.1, -0.05) is 6.92 Å². The largest absolute Gasteiger partial charge is 0.269 e. The fraction of sp³-hybridized carbons (Fsp3) is 0.273. The molecule has 0 aliphatic heterocycles. The molecule has 0 spiro atoms. The molecule has 2 rings (SSSR count). The van der Waals surface area contributed by atoms with E-state index in [2.05, 4.69) is 26.1 Å². The van der Waals surface area contributed by atoms with Crippen molar-refractivity contribution in [2.45, 2.75) is 19.8 Å². The van der Waals surface area contributed by atoms with Crippen LogP contribution >= 0.6 is 27.5 Å². The van der Waals surface area contributed by atoms with E-state index in [4.69, 9.17) is 11.6 Å². The normalized spacial score (nSPS) is 10.8. The highest BCUT2D eigenvalue weighted by molar-refractivity contribution is 9.10. The molecule has 6 heteroatoms. The number of rotatable bonds is 3. The molecular formula is C11H10BrClFN3. The number of nitrogens with zero attached hydrogens (tertiary/aromatic N) is 3.